The average molecular weight is 544 g/mol. The van der Waals surface area contributed by atoms with Gasteiger partial charge in [-0.2, -0.15) is 0 Å². The van der Waals surface area contributed by atoms with Crippen LogP contribution in [0.3, 0.4) is 0 Å². The number of aryl methyl sites for hydroxylation is 1. The minimum Gasteiger partial charge on any atom is -0.479 e. The molecule has 41 heavy (non-hydrogen) atoms. The van der Waals surface area contributed by atoms with E-state index >= 15 is 0 Å². The summed E-state index contributed by atoms with van der Waals surface area (Å²) in [6.45, 7) is 8.05. The van der Waals surface area contributed by atoms with Crippen molar-refractivity contribution in [2.24, 2.45) is 0 Å². The quantitative estimate of drug-likeness (QED) is 0.157. The largest absolute Gasteiger partial charge is 0.479 e. The van der Waals surface area contributed by atoms with Crippen LogP contribution in [0.25, 0.3) is 33.4 Å². The number of carbonyl (C=O) groups excluding carboxylic acids is 1. The maximum atomic E-state index is 12.4. The summed E-state index contributed by atoms with van der Waals surface area (Å²) in [5.74, 6) is 0.231. The SMILES string of the molecule is CC.Cc1cc(-c2ccc(-c3ccc(N)cc3)cc2)ccc1-c1ccc(OC(C)C(=O)OCc2ccccc2)cc1. The van der Waals surface area contributed by atoms with E-state index in [9.17, 15) is 4.79 Å². The van der Waals surface area contributed by atoms with Crippen molar-refractivity contribution in [2.75, 3.05) is 5.73 Å². The standard InChI is InChI=1S/C35H31NO3.C2H6/c1-24-22-31(29-10-8-27(9-11-29)28-12-17-32(36)18-13-28)16-21-34(24)30-14-19-33(20-15-30)39-25(2)35(37)38-23-26-6-4-3-5-7-26;1-2/h3-22,25H,23,36H2,1-2H3;1-2H3. The zero-order chi connectivity index (χ0) is 29.2. The fourth-order valence-corrected chi connectivity index (χ4v) is 4.51. The number of ether oxygens (including phenoxy) is 2. The maximum absolute atomic E-state index is 12.4. The molecule has 0 amide bonds. The summed E-state index contributed by atoms with van der Waals surface area (Å²) >= 11 is 0. The summed E-state index contributed by atoms with van der Waals surface area (Å²) in [6, 6.07) is 40.4. The molecule has 0 heterocycles. The van der Waals surface area contributed by atoms with Crippen LogP contribution in [-0.4, -0.2) is 12.1 Å². The van der Waals surface area contributed by atoms with Gasteiger partial charge < -0.3 is 15.2 Å². The summed E-state index contributed by atoms with van der Waals surface area (Å²) in [4.78, 5) is 12.4. The number of rotatable bonds is 8. The highest BCUT2D eigenvalue weighted by Crippen LogP contribution is 2.31. The van der Waals surface area contributed by atoms with E-state index in [1.807, 2.05) is 92.7 Å². The van der Waals surface area contributed by atoms with E-state index in [2.05, 4.69) is 49.4 Å². The van der Waals surface area contributed by atoms with E-state index in [4.69, 9.17) is 15.2 Å². The Balaban J connectivity index is 0.00000189. The summed E-state index contributed by atoms with van der Waals surface area (Å²) in [5, 5.41) is 0. The Morgan fingerprint density at radius 1 is 0.683 bits per heavy atom. The molecule has 0 aliphatic rings. The molecule has 1 atom stereocenters. The highest BCUT2D eigenvalue weighted by molar-refractivity contribution is 5.76. The predicted molar refractivity (Wildman–Crippen MR) is 170 cm³/mol. The second-order valence-electron chi connectivity index (χ2n) is 9.61. The van der Waals surface area contributed by atoms with Gasteiger partial charge in [0.05, 0.1) is 0 Å². The second kappa shape index (κ2) is 14.0. The number of nitrogens with two attached hydrogens (primary N) is 1. The van der Waals surface area contributed by atoms with E-state index in [-0.39, 0.29) is 6.61 Å². The zero-order valence-corrected chi connectivity index (χ0v) is 24.1. The van der Waals surface area contributed by atoms with Crippen molar-refractivity contribution in [1.29, 1.82) is 0 Å². The number of nitrogen functional groups attached to an aromatic ring is 1. The molecular weight excluding hydrogens is 506 g/mol. The lowest BCUT2D eigenvalue weighted by Gasteiger charge is -2.15. The van der Waals surface area contributed by atoms with E-state index < -0.39 is 12.1 Å². The third-order valence-corrected chi connectivity index (χ3v) is 6.72. The van der Waals surface area contributed by atoms with Gasteiger partial charge in [0.1, 0.15) is 12.4 Å². The van der Waals surface area contributed by atoms with Crippen LogP contribution >= 0.6 is 0 Å². The van der Waals surface area contributed by atoms with Gasteiger partial charge in [-0.15, -0.1) is 0 Å². The van der Waals surface area contributed by atoms with Crippen molar-refractivity contribution in [3.05, 3.63) is 132 Å². The van der Waals surface area contributed by atoms with Crippen LogP contribution in [0.15, 0.2) is 121 Å². The molecule has 0 bridgehead atoms. The second-order valence-corrected chi connectivity index (χ2v) is 9.61. The molecule has 1 unspecified atom stereocenters. The van der Waals surface area contributed by atoms with Crippen LogP contribution in [0.5, 0.6) is 5.75 Å². The van der Waals surface area contributed by atoms with Gasteiger partial charge in [-0.05, 0) is 82.6 Å². The Hall–Kier alpha value is -4.83. The average Bonchev–Trinajstić information content (AvgIpc) is 3.02. The molecule has 0 aliphatic heterocycles. The van der Waals surface area contributed by atoms with Crippen LogP contribution in [0, 0.1) is 6.92 Å². The molecule has 5 aromatic rings. The highest BCUT2D eigenvalue weighted by Gasteiger charge is 2.16. The Labute approximate surface area is 243 Å². The zero-order valence-electron chi connectivity index (χ0n) is 24.1. The Bertz CT molecular complexity index is 1540. The predicted octanol–water partition coefficient (Wildman–Crippen LogP) is 9.12. The van der Waals surface area contributed by atoms with Crippen molar-refractivity contribution in [3.63, 3.8) is 0 Å². The van der Waals surface area contributed by atoms with Gasteiger partial charge in [0.25, 0.3) is 0 Å². The first kappa shape index (κ1) is 29.2. The molecule has 5 aromatic carbocycles. The first-order valence-electron chi connectivity index (χ1n) is 14.0. The topological polar surface area (TPSA) is 61.5 Å². The van der Waals surface area contributed by atoms with Gasteiger partial charge in [0.15, 0.2) is 6.10 Å². The molecule has 4 heteroatoms. The first-order valence-corrected chi connectivity index (χ1v) is 14.0. The molecule has 208 valence electrons. The molecule has 0 fully saturated rings. The van der Waals surface area contributed by atoms with Crippen molar-refractivity contribution in [3.8, 4) is 39.1 Å². The van der Waals surface area contributed by atoms with Crippen LogP contribution in [0.1, 0.15) is 31.9 Å². The minimum absolute atomic E-state index is 0.230. The van der Waals surface area contributed by atoms with Crippen LogP contribution in [0.2, 0.25) is 0 Å². The van der Waals surface area contributed by atoms with Gasteiger partial charge in [0, 0.05) is 5.69 Å². The van der Waals surface area contributed by atoms with Crippen molar-refractivity contribution in [2.45, 2.75) is 40.4 Å². The number of anilines is 1. The number of benzene rings is 5. The molecule has 0 aliphatic carbocycles. The number of hydrogen-bond acceptors (Lipinski definition) is 4. The van der Waals surface area contributed by atoms with Crippen molar-refractivity contribution in [1.82, 2.24) is 0 Å². The molecule has 5 rings (SSSR count). The van der Waals surface area contributed by atoms with Crippen LogP contribution < -0.4 is 10.5 Å². The van der Waals surface area contributed by atoms with Gasteiger partial charge in [-0.25, -0.2) is 4.79 Å². The lowest BCUT2D eigenvalue weighted by Crippen LogP contribution is -2.26. The van der Waals surface area contributed by atoms with E-state index in [1.54, 1.807) is 6.92 Å². The van der Waals surface area contributed by atoms with Crippen LogP contribution in [0.4, 0.5) is 5.69 Å². The van der Waals surface area contributed by atoms with Crippen molar-refractivity contribution < 1.29 is 14.3 Å². The molecular formula is C37H37NO3. The summed E-state index contributed by atoms with van der Waals surface area (Å²) in [6.07, 6.45) is -0.702. The molecule has 2 N–H and O–H groups in total. The Morgan fingerprint density at radius 3 is 1.78 bits per heavy atom. The summed E-state index contributed by atoms with van der Waals surface area (Å²) in [5.41, 5.74) is 15.6. The Kier molecular flexibility index (Phi) is 9.95. The number of esters is 1. The summed E-state index contributed by atoms with van der Waals surface area (Å²) in [7, 11) is 0. The third-order valence-electron chi connectivity index (χ3n) is 6.72. The highest BCUT2D eigenvalue weighted by atomic mass is 16.6. The molecule has 0 saturated heterocycles. The molecule has 0 spiro atoms. The van der Waals surface area contributed by atoms with Gasteiger partial charge in [-0.1, -0.05) is 111 Å². The van der Waals surface area contributed by atoms with Gasteiger partial charge >= 0.3 is 5.97 Å². The van der Waals surface area contributed by atoms with E-state index in [1.165, 1.54) is 16.7 Å². The fourth-order valence-electron chi connectivity index (χ4n) is 4.51. The maximum Gasteiger partial charge on any atom is 0.347 e. The Morgan fingerprint density at radius 2 is 1.20 bits per heavy atom. The number of carbonyl (C=O) groups is 1. The van der Waals surface area contributed by atoms with Crippen molar-refractivity contribution >= 4 is 11.7 Å². The molecule has 0 saturated carbocycles. The van der Waals surface area contributed by atoms with E-state index in [0.717, 1.165) is 33.5 Å². The number of hydrogen-bond donors (Lipinski definition) is 1. The molecule has 4 nitrogen and oxygen atoms in total. The monoisotopic (exact) mass is 543 g/mol. The minimum atomic E-state index is -0.702. The fraction of sp³-hybridized carbons (Fsp3) is 0.162. The molecule has 0 radical (unpaired) electrons. The van der Waals surface area contributed by atoms with Gasteiger partial charge in [0.2, 0.25) is 0 Å². The third kappa shape index (κ3) is 7.64. The lowest BCUT2D eigenvalue weighted by molar-refractivity contribution is -0.152. The van der Waals surface area contributed by atoms with Gasteiger partial charge in [-0.3, -0.25) is 0 Å². The lowest BCUT2D eigenvalue weighted by atomic mass is 9.95. The van der Waals surface area contributed by atoms with E-state index in [0.29, 0.717) is 5.75 Å². The van der Waals surface area contributed by atoms with Crippen LogP contribution in [-0.2, 0) is 16.1 Å². The summed E-state index contributed by atoms with van der Waals surface area (Å²) < 4.78 is 11.2. The smallest absolute Gasteiger partial charge is 0.347 e. The normalized spacial score (nSPS) is 11.1. The first-order chi connectivity index (χ1) is 20.0. The molecule has 0 aromatic heterocycles.